The minimum Gasteiger partial charge on any atom is -0.313 e. The normalized spacial score (nSPS) is 20.3. The molecule has 1 heterocycles. The van der Waals surface area contributed by atoms with Crippen LogP contribution in [0.4, 0.5) is 0 Å². The molecule has 1 aromatic rings. The number of nitrogens with one attached hydrogen (secondary N) is 2. The summed E-state index contributed by atoms with van der Waals surface area (Å²) in [4.78, 5) is 0. The van der Waals surface area contributed by atoms with Gasteiger partial charge in [-0.3, -0.25) is 0 Å². The van der Waals surface area contributed by atoms with Gasteiger partial charge in [-0.15, -0.1) is 0 Å². The fourth-order valence-corrected chi connectivity index (χ4v) is 2.44. The van der Waals surface area contributed by atoms with Crippen LogP contribution < -0.4 is 10.6 Å². The molecule has 100 valence electrons. The predicted molar refractivity (Wildman–Crippen MR) is 77.9 cm³/mol. The van der Waals surface area contributed by atoms with E-state index in [4.69, 9.17) is 0 Å². The molecule has 2 rings (SSSR count). The summed E-state index contributed by atoms with van der Waals surface area (Å²) in [5.74, 6) is 0. The van der Waals surface area contributed by atoms with Crippen molar-refractivity contribution in [3.05, 3.63) is 35.4 Å². The summed E-state index contributed by atoms with van der Waals surface area (Å²) in [5.41, 5.74) is 3.03. The van der Waals surface area contributed by atoms with E-state index in [1.807, 2.05) is 0 Å². The summed E-state index contributed by atoms with van der Waals surface area (Å²) in [6, 6.07) is 9.68. The third-order valence-corrected chi connectivity index (χ3v) is 3.70. The molecular weight excluding hydrogens is 220 g/mol. The van der Waals surface area contributed by atoms with E-state index in [2.05, 4.69) is 55.7 Å². The highest BCUT2D eigenvalue weighted by Gasteiger charge is 2.14. The Morgan fingerprint density at radius 2 is 1.94 bits per heavy atom. The molecular formula is C16H26N2. The molecule has 0 radical (unpaired) electrons. The minimum absolute atomic E-state index is 0.250. The largest absolute Gasteiger partial charge is 0.313 e. The SMILES string of the molecule is CC(C)(C)c1ccc(CNCC2CCCN2)cc1. The van der Waals surface area contributed by atoms with Gasteiger partial charge in [0.15, 0.2) is 0 Å². The molecule has 0 aliphatic carbocycles. The first-order valence-corrected chi connectivity index (χ1v) is 7.09. The standard InChI is InChI=1S/C16H26N2/c1-16(2,3)14-8-6-13(7-9-14)11-17-12-15-5-4-10-18-15/h6-9,15,17-18H,4-5,10-12H2,1-3H3. The van der Waals surface area contributed by atoms with E-state index >= 15 is 0 Å². The Hall–Kier alpha value is -0.860. The molecule has 1 aromatic carbocycles. The molecule has 0 amide bonds. The van der Waals surface area contributed by atoms with Crippen molar-refractivity contribution in [2.24, 2.45) is 0 Å². The average Bonchev–Trinajstić information content (AvgIpc) is 2.82. The number of rotatable bonds is 4. The zero-order valence-electron chi connectivity index (χ0n) is 11.9. The van der Waals surface area contributed by atoms with E-state index in [1.165, 1.54) is 30.5 Å². The summed E-state index contributed by atoms with van der Waals surface area (Å²) in [7, 11) is 0. The third kappa shape index (κ3) is 3.82. The van der Waals surface area contributed by atoms with Crippen molar-refractivity contribution in [3.63, 3.8) is 0 Å². The number of hydrogen-bond donors (Lipinski definition) is 2. The Kier molecular flexibility index (Phi) is 4.41. The second-order valence-electron chi connectivity index (χ2n) is 6.37. The van der Waals surface area contributed by atoms with Gasteiger partial charge in [0.25, 0.3) is 0 Å². The maximum absolute atomic E-state index is 3.54. The van der Waals surface area contributed by atoms with Gasteiger partial charge in [0, 0.05) is 19.1 Å². The summed E-state index contributed by atoms with van der Waals surface area (Å²) in [6.07, 6.45) is 2.64. The fourth-order valence-electron chi connectivity index (χ4n) is 2.44. The molecule has 0 saturated carbocycles. The van der Waals surface area contributed by atoms with Crippen LogP contribution in [0.15, 0.2) is 24.3 Å². The van der Waals surface area contributed by atoms with Crippen LogP contribution in [-0.2, 0) is 12.0 Å². The second kappa shape index (κ2) is 5.85. The van der Waals surface area contributed by atoms with Crippen LogP contribution in [-0.4, -0.2) is 19.1 Å². The molecule has 1 aliphatic heterocycles. The summed E-state index contributed by atoms with van der Waals surface area (Å²) >= 11 is 0. The molecule has 1 aliphatic rings. The van der Waals surface area contributed by atoms with Crippen molar-refractivity contribution in [1.29, 1.82) is 0 Å². The molecule has 0 bridgehead atoms. The van der Waals surface area contributed by atoms with Crippen molar-refractivity contribution in [2.75, 3.05) is 13.1 Å². The topological polar surface area (TPSA) is 24.1 Å². The maximum atomic E-state index is 3.54. The molecule has 0 aromatic heterocycles. The summed E-state index contributed by atoms with van der Waals surface area (Å²) in [5, 5.41) is 7.05. The van der Waals surface area contributed by atoms with Gasteiger partial charge in [0.1, 0.15) is 0 Å². The molecule has 18 heavy (non-hydrogen) atoms. The van der Waals surface area contributed by atoms with Gasteiger partial charge in [-0.2, -0.15) is 0 Å². The van der Waals surface area contributed by atoms with Gasteiger partial charge in [0.05, 0.1) is 0 Å². The molecule has 1 saturated heterocycles. The molecule has 1 fully saturated rings. The quantitative estimate of drug-likeness (QED) is 0.853. The summed E-state index contributed by atoms with van der Waals surface area (Å²) < 4.78 is 0. The van der Waals surface area contributed by atoms with Gasteiger partial charge in [-0.05, 0) is 35.9 Å². The minimum atomic E-state index is 0.250. The van der Waals surface area contributed by atoms with Gasteiger partial charge >= 0.3 is 0 Å². The molecule has 1 atom stereocenters. The lowest BCUT2D eigenvalue weighted by molar-refractivity contribution is 0.535. The van der Waals surface area contributed by atoms with Crippen molar-refractivity contribution in [2.45, 2.75) is 51.6 Å². The van der Waals surface area contributed by atoms with E-state index in [-0.39, 0.29) is 5.41 Å². The first-order valence-electron chi connectivity index (χ1n) is 7.09. The Balaban J connectivity index is 1.79. The highest BCUT2D eigenvalue weighted by atomic mass is 15.0. The fraction of sp³-hybridized carbons (Fsp3) is 0.625. The van der Waals surface area contributed by atoms with Crippen molar-refractivity contribution < 1.29 is 0 Å². The summed E-state index contributed by atoms with van der Waals surface area (Å²) in [6.45, 7) is 10.0. The molecule has 0 spiro atoms. The van der Waals surface area contributed by atoms with E-state index < -0.39 is 0 Å². The van der Waals surface area contributed by atoms with Crippen LogP contribution in [0.25, 0.3) is 0 Å². The number of benzene rings is 1. The van der Waals surface area contributed by atoms with Crippen LogP contribution in [0.1, 0.15) is 44.7 Å². The van der Waals surface area contributed by atoms with Gasteiger partial charge in [0.2, 0.25) is 0 Å². The Labute approximate surface area is 111 Å². The average molecular weight is 246 g/mol. The highest BCUT2D eigenvalue weighted by molar-refractivity contribution is 5.27. The van der Waals surface area contributed by atoms with E-state index in [0.29, 0.717) is 6.04 Å². The lowest BCUT2D eigenvalue weighted by Gasteiger charge is -2.19. The molecule has 2 heteroatoms. The molecule has 2 N–H and O–H groups in total. The van der Waals surface area contributed by atoms with Crippen LogP contribution in [0.2, 0.25) is 0 Å². The van der Waals surface area contributed by atoms with E-state index in [0.717, 1.165) is 13.1 Å². The first kappa shape index (κ1) is 13.6. The predicted octanol–water partition coefficient (Wildman–Crippen LogP) is 2.83. The van der Waals surface area contributed by atoms with Crippen LogP contribution in [0.3, 0.4) is 0 Å². The Morgan fingerprint density at radius 3 is 2.50 bits per heavy atom. The van der Waals surface area contributed by atoms with E-state index in [9.17, 15) is 0 Å². The Morgan fingerprint density at radius 1 is 1.22 bits per heavy atom. The molecule has 2 nitrogen and oxygen atoms in total. The zero-order valence-corrected chi connectivity index (χ0v) is 11.9. The Bertz CT molecular complexity index is 356. The highest BCUT2D eigenvalue weighted by Crippen LogP contribution is 2.22. The number of hydrogen-bond acceptors (Lipinski definition) is 2. The first-order chi connectivity index (χ1) is 8.55. The van der Waals surface area contributed by atoms with Crippen LogP contribution in [0, 0.1) is 0 Å². The van der Waals surface area contributed by atoms with Gasteiger partial charge in [-0.25, -0.2) is 0 Å². The maximum Gasteiger partial charge on any atom is 0.0206 e. The van der Waals surface area contributed by atoms with Crippen LogP contribution >= 0.6 is 0 Å². The third-order valence-electron chi connectivity index (χ3n) is 3.70. The smallest absolute Gasteiger partial charge is 0.0206 e. The van der Waals surface area contributed by atoms with Gasteiger partial charge in [-0.1, -0.05) is 45.0 Å². The second-order valence-corrected chi connectivity index (χ2v) is 6.37. The monoisotopic (exact) mass is 246 g/mol. The zero-order chi connectivity index (χ0) is 13.0. The van der Waals surface area contributed by atoms with Crippen molar-refractivity contribution in [1.82, 2.24) is 10.6 Å². The van der Waals surface area contributed by atoms with Crippen molar-refractivity contribution in [3.8, 4) is 0 Å². The van der Waals surface area contributed by atoms with Crippen LogP contribution in [0.5, 0.6) is 0 Å². The van der Waals surface area contributed by atoms with E-state index in [1.54, 1.807) is 0 Å². The lowest BCUT2D eigenvalue weighted by atomic mass is 9.87. The van der Waals surface area contributed by atoms with Crippen molar-refractivity contribution >= 4 is 0 Å². The lowest BCUT2D eigenvalue weighted by Crippen LogP contribution is -2.33. The molecule has 1 unspecified atom stereocenters. The van der Waals surface area contributed by atoms with Gasteiger partial charge < -0.3 is 10.6 Å².